The van der Waals surface area contributed by atoms with Crippen molar-refractivity contribution >= 4 is 39.9 Å². The molecule has 0 spiro atoms. The van der Waals surface area contributed by atoms with E-state index in [0.29, 0.717) is 22.8 Å². The maximum absolute atomic E-state index is 14.0. The van der Waals surface area contributed by atoms with Crippen molar-refractivity contribution in [3.63, 3.8) is 0 Å². The van der Waals surface area contributed by atoms with Crippen molar-refractivity contribution in [2.45, 2.75) is 37.1 Å². The van der Waals surface area contributed by atoms with Crippen LogP contribution >= 0.6 is 0 Å². The number of carbonyl (C=O) groups excluding carboxylic acids is 1. The fourth-order valence-corrected chi connectivity index (χ4v) is 7.03. The normalized spacial score (nSPS) is 17.0. The molecule has 5 aromatic rings. The van der Waals surface area contributed by atoms with Gasteiger partial charge >= 0.3 is 5.97 Å². The first kappa shape index (κ1) is 28.9. The third-order valence-electron chi connectivity index (χ3n) is 9.14. The van der Waals surface area contributed by atoms with E-state index < -0.39 is 11.5 Å². The number of nitrogens with zero attached hydrogens (tertiary/aromatic N) is 4. The first-order valence-corrected chi connectivity index (χ1v) is 15.2. The lowest BCUT2D eigenvalue weighted by Gasteiger charge is -2.36. The minimum Gasteiger partial charge on any atom is -0.478 e. The molecule has 2 aromatic carbocycles. The fraction of sp³-hybridized carbons (Fsp3) is 0.314. The number of hydrogen-bond acceptors (Lipinski definition) is 6. The van der Waals surface area contributed by atoms with Gasteiger partial charge < -0.3 is 29.0 Å². The van der Waals surface area contributed by atoms with Gasteiger partial charge in [-0.05, 0) is 72.4 Å². The van der Waals surface area contributed by atoms with Gasteiger partial charge in [-0.2, -0.15) is 0 Å². The number of hydrogen-bond donors (Lipinski definition) is 2. The van der Waals surface area contributed by atoms with Crippen LogP contribution in [0, 0.1) is 0 Å². The number of nitrogens with one attached hydrogen (secondary N) is 1. The highest BCUT2D eigenvalue weighted by Gasteiger charge is 2.42. The minimum absolute atomic E-state index is 0.126. The van der Waals surface area contributed by atoms with Crippen molar-refractivity contribution in [2.75, 3.05) is 20.0 Å². The van der Waals surface area contributed by atoms with Crippen LogP contribution in [0.3, 0.4) is 0 Å². The lowest BCUT2D eigenvalue weighted by atomic mass is 9.93. The number of pyridine rings is 1. The summed E-state index contributed by atoms with van der Waals surface area (Å²) in [5, 5.41) is 13.4. The van der Waals surface area contributed by atoms with Crippen LogP contribution in [0.15, 0.2) is 66.9 Å². The van der Waals surface area contributed by atoms with Crippen LogP contribution in [0.2, 0.25) is 0 Å². The Morgan fingerprint density at radius 3 is 2.53 bits per heavy atom. The number of imidazole rings is 1. The quantitative estimate of drug-likeness (QED) is 0.235. The molecule has 2 N–H and O–H groups in total. The lowest BCUT2D eigenvalue weighted by molar-refractivity contribution is -0.146. The largest absolute Gasteiger partial charge is 0.478 e. The zero-order chi connectivity index (χ0) is 31.1. The van der Waals surface area contributed by atoms with Crippen molar-refractivity contribution in [1.29, 1.82) is 0 Å². The second-order valence-corrected chi connectivity index (χ2v) is 12.0. The molecule has 2 fully saturated rings. The number of benzene rings is 2. The average molecular weight is 606 g/mol. The average Bonchev–Trinajstić information content (AvgIpc) is 3.78. The van der Waals surface area contributed by atoms with Crippen LogP contribution in [-0.2, 0) is 33.9 Å². The summed E-state index contributed by atoms with van der Waals surface area (Å²) >= 11 is 0. The number of aryl methyl sites for hydroxylation is 2. The molecule has 0 bridgehead atoms. The molecule has 10 heteroatoms. The molecular formula is C35H35N5O5. The third kappa shape index (κ3) is 5.19. The number of carboxylic acids is 1. The predicted molar refractivity (Wildman–Crippen MR) is 171 cm³/mol. The van der Waals surface area contributed by atoms with Gasteiger partial charge in [-0.3, -0.25) is 9.78 Å². The molecule has 1 aliphatic heterocycles. The van der Waals surface area contributed by atoms with E-state index in [4.69, 9.17) is 24.5 Å². The summed E-state index contributed by atoms with van der Waals surface area (Å²) in [4.78, 5) is 34.7. The van der Waals surface area contributed by atoms with Crippen LogP contribution in [0.5, 0.6) is 0 Å². The molecule has 3 aromatic heterocycles. The smallest absolute Gasteiger partial charge is 0.328 e. The topological polar surface area (TPSA) is 121 Å². The molecule has 230 valence electrons. The van der Waals surface area contributed by atoms with Gasteiger partial charge in [-0.25, -0.2) is 9.78 Å². The number of aliphatic carboxylic acids is 1. The minimum atomic E-state index is -1.04. The van der Waals surface area contributed by atoms with Gasteiger partial charge in [-0.15, -0.1) is 0 Å². The monoisotopic (exact) mass is 605 g/mol. The molecule has 1 saturated heterocycles. The molecule has 4 heterocycles. The molecule has 2 aliphatic rings. The number of rotatable bonds is 7. The van der Waals surface area contributed by atoms with Crippen molar-refractivity contribution in [3.05, 3.63) is 89.4 Å². The van der Waals surface area contributed by atoms with E-state index in [9.17, 15) is 9.59 Å². The lowest BCUT2D eigenvalue weighted by Crippen LogP contribution is -2.56. The second kappa shape index (κ2) is 11.6. The zero-order valence-corrected chi connectivity index (χ0v) is 25.3. The summed E-state index contributed by atoms with van der Waals surface area (Å²) in [6.45, 7) is 0.495. The molecule has 1 amide bonds. The zero-order valence-electron chi connectivity index (χ0n) is 25.3. The van der Waals surface area contributed by atoms with Crippen LogP contribution < -0.4 is 5.32 Å². The SMILES string of the molecule is Cn1c(C2(NC(=O)c3ccc4c(C5CCCC5)c(-c5ccccn5)n(C)c4c3)COCOC2)nc2ccc(/C=C/C(=O)O)cc21. The predicted octanol–water partition coefficient (Wildman–Crippen LogP) is 5.51. The number of carbonyl (C=O) groups is 2. The van der Waals surface area contributed by atoms with E-state index in [1.807, 2.05) is 60.3 Å². The van der Waals surface area contributed by atoms with Crippen molar-refractivity contribution in [2.24, 2.45) is 14.1 Å². The Balaban J connectivity index is 1.27. The first-order chi connectivity index (χ1) is 21.8. The van der Waals surface area contributed by atoms with E-state index in [1.165, 1.54) is 24.5 Å². The molecule has 0 unspecified atom stereocenters. The van der Waals surface area contributed by atoms with E-state index in [2.05, 4.69) is 29.1 Å². The molecule has 1 saturated carbocycles. The Morgan fingerprint density at radius 2 is 1.80 bits per heavy atom. The van der Waals surface area contributed by atoms with Crippen molar-refractivity contribution in [3.8, 4) is 11.4 Å². The van der Waals surface area contributed by atoms with E-state index in [1.54, 1.807) is 0 Å². The second-order valence-electron chi connectivity index (χ2n) is 12.0. The molecule has 0 radical (unpaired) electrons. The van der Waals surface area contributed by atoms with E-state index in [0.717, 1.165) is 52.3 Å². The molecular weight excluding hydrogens is 570 g/mol. The summed E-state index contributed by atoms with van der Waals surface area (Å²) in [6, 6.07) is 17.4. The Hall–Kier alpha value is -4.80. The number of fused-ring (bicyclic) bond motifs is 2. The van der Waals surface area contributed by atoms with Gasteiger partial charge in [0.05, 0.1) is 35.6 Å². The Bertz CT molecular complexity index is 1950. The maximum atomic E-state index is 14.0. The summed E-state index contributed by atoms with van der Waals surface area (Å²) in [5.41, 5.74) is 6.07. The highest BCUT2D eigenvalue weighted by Crippen LogP contribution is 2.44. The Kier molecular flexibility index (Phi) is 7.47. The van der Waals surface area contributed by atoms with Crippen molar-refractivity contribution < 1.29 is 24.2 Å². The first-order valence-electron chi connectivity index (χ1n) is 15.2. The van der Waals surface area contributed by atoms with Crippen LogP contribution in [-0.4, -0.2) is 56.1 Å². The van der Waals surface area contributed by atoms with E-state index in [-0.39, 0.29) is 25.9 Å². The van der Waals surface area contributed by atoms with Gasteiger partial charge in [0.25, 0.3) is 5.91 Å². The number of carboxylic acid groups (broad SMARTS) is 1. The van der Waals surface area contributed by atoms with Gasteiger partial charge in [0.15, 0.2) is 0 Å². The van der Waals surface area contributed by atoms with Gasteiger partial charge in [0.1, 0.15) is 18.2 Å². The van der Waals surface area contributed by atoms with Crippen LogP contribution in [0.1, 0.15) is 58.9 Å². The molecule has 10 nitrogen and oxygen atoms in total. The summed E-state index contributed by atoms with van der Waals surface area (Å²) in [6.07, 6.45) is 9.21. The number of aromatic nitrogens is 4. The summed E-state index contributed by atoms with van der Waals surface area (Å²) < 4.78 is 15.6. The standard InChI is InChI=1S/C35H35N5O5/c1-39-28-18-24(12-13-25(28)31(23-7-3-4-8-23)32(39)27-9-5-6-16-36-27)33(43)38-35(19-44-21-45-20-35)34-37-26-14-10-22(11-15-30(41)42)17-29(26)40(34)2/h5-6,9-18,23H,3-4,7-8,19-21H2,1-2H3,(H,38,43)(H,41,42)/b15-11+. The Morgan fingerprint density at radius 1 is 1.00 bits per heavy atom. The van der Waals surface area contributed by atoms with Crippen molar-refractivity contribution in [1.82, 2.24) is 24.4 Å². The van der Waals surface area contributed by atoms with Crippen LogP contribution in [0.25, 0.3) is 39.4 Å². The van der Waals surface area contributed by atoms with Gasteiger partial charge in [0.2, 0.25) is 0 Å². The summed E-state index contributed by atoms with van der Waals surface area (Å²) in [7, 11) is 3.92. The number of amides is 1. The Labute approximate surface area is 260 Å². The molecule has 0 atom stereocenters. The molecule has 1 aliphatic carbocycles. The summed E-state index contributed by atoms with van der Waals surface area (Å²) in [5.74, 6) is -0.227. The fourth-order valence-electron chi connectivity index (χ4n) is 7.03. The van der Waals surface area contributed by atoms with Gasteiger partial charge in [-0.1, -0.05) is 31.0 Å². The van der Waals surface area contributed by atoms with Crippen LogP contribution in [0.4, 0.5) is 0 Å². The van der Waals surface area contributed by atoms with Gasteiger partial charge in [0, 0.05) is 42.8 Å². The van der Waals surface area contributed by atoms with E-state index >= 15 is 0 Å². The number of ether oxygens (including phenoxy) is 2. The molecule has 45 heavy (non-hydrogen) atoms. The third-order valence-corrected chi connectivity index (χ3v) is 9.14. The highest BCUT2D eigenvalue weighted by atomic mass is 16.7. The molecule has 7 rings (SSSR count). The maximum Gasteiger partial charge on any atom is 0.328 e. The highest BCUT2D eigenvalue weighted by molar-refractivity contribution is 6.01.